The largest absolute Gasteiger partial charge is 0.368 e. The minimum absolute atomic E-state index is 0.414. The quantitative estimate of drug-likeness (QED) is 0.720. The van der Waals surface area contributed by atoms with Gasteiger partial charge in [0.15, 0.2) is 4.34 Å². The third-order valence-corrected chi connectivity index (χ3v) is 3.83. The number of nitrogens with two attached hydrogens (primary N) is 2. The van der Waals surface area contributed by atoms with Crippen molar-refractivity contribution in [1.82, 2.24) is 9.36 Å². The van der Waals surface area contributed by atoms with E-state index in [1.807, 2.05) is 6.92 Å². The molecule has 0 saturated carbocycles. The number of nitrogens with zero attached hydrogens (tertiary/aromatic N) is 2. The Morgan fingerprint density at radius 1 is 1.71 bits per heavy atom. The van der Waals surface area contributed by atoms with Crippen LogP contribution < -0.4 is 11.5 Å². The third kappa shape index (κ3) is 2.93. The lowest BCUT2D eigenvalue weighted by Gasteiger charge is -2.18. The van der Waals surface area contributed by atoms with Crippen molar-refractivity contribution in [1.29, 1.82) is 0 Å². The molecule has 0 spiro atoms. The van der Waals surface area contributed by atoms with Crippen LogP contribution in [0.25, 0.3) is 0 Å². The molecule has 14 heavy (non-hydrogen) atoms. The van der Waals surface area contributed by atoms with E-state index in [-0.39, 0.29) is 0 Å². The van der Waals surface area contributed by atoms with Gasteiger partial charge in [-0.1, -0.05) is 11.8 Å². The van der Waals surface area contributed by atoms with Crippen LogP contribution in [-0.4, -0.2) is 26.6 Å². The van der Waals surface area contributed by atoms with Gasteiger partial charge in [-0.15, -0.1) is 0 Å². The van der Waals surface area contributed by atoms with Crippen LogP contribution in [0.2, 0.25) is 0 Å². The molecule has 0 aliphatic rings. The highest BCUT2D eigenvalue weighted by Crippen LogP contribution is 2.22. The molecule has 0 aliphatic heterocycles. The van der Waals surface area contributed by atoms with E-state index in [1.54, 1.807) is 6.92 Å². The van der Waals surface area contributed by atoms with E-state index >= 15 is 0 Å². The first-order valence-electron chi connectivity index (χ1n) is 3.94. The molecule has 0 saturated heterocycles. The third-order valence-electron chi connectivity index (χ3n) is 1.57. The normalized spacial score (nSPS) is 15.1. The van der Waals surface area contributed by atoms with Crippen LogP contribution in [-0.2, 0) is 4.79 Å². The number of hydrogen-bond donors (Lipinski definition) is 2. The van der Waals surface area contributed by atoms with Crippen molar-refractivity contribution in [2.24, 2.45) is 11.5 Å². The second kappa shape index (κ2) is 4.24. The first-order chi connectivity index (χ1) is 6.42. The monoisotopic (exact) mass is 232 g/mol. The summed E-state index contributed by atoms with van der Waals surface area (Å²) in [5.74, 6) is 0.637. The van der Waals surface area contributed by atoms with E-state index < -0.39 is 11.4 Å². The van der Waals surface area contributed by atoms with Gasteiger partial charge in [0.25, 0.3) is 0 Å². The van der Waals surface area contributed by atoms with Crippen LogP contribution in [0, 0.1) is 6.92 Å². The number of hydrogen-bond acceptors (Lipinski definition) is 6. The Bertz CT molecular complexity index is 336. The molecule has 5 nitrogen and oxygen atoms in total. The van der Waals surface area contributed by atoms with Crippen molar-refractivity contribution in [2.45, 2.75) is 23.7 Å². The highest BCUT2D eigenvalue weighted by Gasteiger charge is 2.26. The van der Waals surface area contributed by atoms with E-state index in [0.29, 0.717) is 5.75 Å². The van der Waals surface area contributed by atoms with Gasteiger partial charge in [0.2, 0.25) is 5.91 Å². The molecular formula is C7H12N4OS2. The summed E-state index contributed by atoms with van der Waals surface area (Å²) < 4.78 is 4.82. The number of amides is 1. The standard InChI is InChI=1S/C7H12N4OS2/c1-4-10-6(14-11-4)13-3-7(2,9)5(8)12/h3,9H2,1-2H3,(H2,8,12). The van der Waals surface area contributed by atoms with E-state index in [2.05, 4.69) is 9.36 Å². The molecule has 78 valence electrons. The number of rotatable bonds is 4. The van der Waals surface area contributed by atoms with Crippen molar-refractivity contribution in [3.05, 3.63) is 5.82 Å². The lowest BCUT2D eigenvalue weighted by molar-refractivity contribution is -0.121. The minimum Gasteiger partial charge on any atom is -0.368 e. The maximum absolute atomic E-state index is 10.9. The topological polar surface area (TPSA) is 94.9 Å². The first-order valence-corrected chi connectivity index (χ1v) is 5.69. The highest BCUT2D eigenvalue weighted by atomic mass is 32.2. The summed E-state index contributed by atoms with van der Waals surface area (Å²) in [5, 5.41) is 0. The second-order valence-corrected chi connectivity index (χ2v) is 5.15. The van der Waals surface area contributed by atoms with Gasteiger partial charge in [-0.3, -0.25) is 4.79 Å². The van der Waals surface area contributed by atoms with Gasteiger partial charge in [0.05, 0.1) is 0 Å². The number of carbonyl (C=O) groups is 1. The van der Waals surface area contributed by atoms with Gasteiger partial charge in [-0.25, -0.2) is 4.98 Å². The molecule has 1 aromatic heterocycles. The van der Waals surface area contributed by atoms with E-state index in [1.165, 1.54) is 23.3 Å². The van der Waals surface area contributed by atoms with Gasteiger partial charge >= 0.3 is 0 Å². The predicted octanol–water partition coefficient (Wildman–Crippen LogP) is 0.141. The Morgan fingerprint density at radius 2 is 2.36 bits per heavy atom. The maximum Gasteiger partial charge on any atom is 0.238 e. The van der Waals surface area contributed by atoms with Gasteiger partial charge in [-0.2, -0.15) is 4.37 Å². The van der Waals surface area contributed by atoms with Gasteiger partial charge in [0, 0.05) is 5.75 Å². The molecule has 0 fully saturated rings. The Hall–Kier alpha value is -0.660. The number of aromatic nitrogens is 2. The molecular weight excluding hydrogens is 220 g/mol. The average Bonchev–Trinajstić information content (AvgIpc) is 2.48. The molecule has 1 atom stereocenters. The molecule has 1 unspecified atom stereocenters. The summed E-state index contributed by atoms with van der Waals surface area (Å²) in [7, 11) is 0. The Labute approximate surface area is 90.4 Å². The van der Waals surface area contributed by atoms with Crippen LogP contribution in [0.5, 0.6) is 0 Å². The average molecular weight is 232 g/mol. The minimum atomic E-state index is -0.996. The van der Waals surface area contributed by atoms with Gasteiger partial charge < -0.3 is 11.5 Å². The van der Waals surface area contributed by atoms with Crippen molar-refractivity contribution < 1.29 is 4.79 Å². The number of thioether (sulfide) groups is 1. The molecule has 0 aromatic carbocycles. The zero-order valence-electron chi connectivity index (χ0n) is 7.98. The summed E-state index contributed by atoms with van der Waals surface area (Å²) in [5.41, 5.74) is 9.81. The van der Waals surface area contributed by atoms with E-state index in [0.717, 1.165) is 10.2 Å². The zero-order valence-corrected chi connectivity index (χ0v) is 9.61. The summed E-state index contributed by atoms with van der Waals surface area (Å²) in [6, 6.07) is 0. The van der Waals surface area contributed by atoms with E-state index in [9.17, 15) is 4.79 Å². The first kappa shape index (κ1) is 11.4. The molecule has 1 amide bonds. The van der Waals surface area contributed by atoms with E-state index in [4.69, 9.17) is 11.5 Å². The SMILES string of the molecule is Cc1nsc(SCC(C)(N)C(N)=O)n1. The van der Waals surface area contributed by atoms with Crippen molar-refractivity contribution in [3.63, 3.8) is 0 Å². The van der Waals surface area contributed by atoms with Crippen LogP contribution in [0.4, 0.5) is 0 Å². The van der Waals surface area contributed by atoms with Crippen molar-refractivity contribution in [2.75, 3.05) is 5.75 Å². The summed E-state index contributed by atoms with van der Waals surface area (Å²) in [4.78, 5) is 15.0. The molecule has 1 heterocycles. The van der Waals surface area contributed by atoms with Crippen LogP contribution in [0.15, 0.2) is 4.34 Å². The van der Waals surface area contributed by atoms with Crippen LogP contribution in [0.3, 0.4) is 0 Å². The fourth-order valence-electron chi connectivity index (χ4n) is 0.619. The van der Waals surface area contributed by atoms with Gasteiger partial charge in [0.1, 0.15) is 11.4 Å². The molecule has 0 aliphatic carbocycles. The fraction of sp³-hybridized carbons (Fsp3) is 0.571. The Kier molecular flexibility index (Phi) is 3.46. The molecule has 7 heteroatoms. The Balaban J connectivity index is 2.52. The smallest absolute Gasteiger partial charge is 0.238 e. The highest BCUT2D eigenvalue weighted by molar-refractivity contribution is 8.01. The second-order valence-electron chi connectivity index (χ2n) is 3.18. The summed E-state index contributed by atoms with van der Waals surface area (Å²) in [6.45, 7) is 3.42. The number of primary amides is 1. The van der Waals surface area contributed by atoms with Crippen molar-refractivity contribution >= 4 is 29.2 Å². The van der Waals surface area contributed by atoms with Crippen molar-refractivity contribution in [3.8, 4) is 0 Å². The number of carbonyl (C=O) groups excluding carboxylic acids is 1. The molecule has 1 rings (SSSR count). The van der Waals surface area contributed by atoms with Crippen LogP contribution in [0.1, 0.15) is 12.7 Å². The molecule has 0 radical (unpaired) electrons. The lowest BCUT2D eigenvalue weighted by atomic mass is 10.1. The molecule has 4 N–H and O–H groups in total. The zero-order chi connectivity index (χ0) is 10.8. The summed E-state index contributed by atoms with van der Waals surface area (Å²) >= 11 is 2.69. The summed E-state index contributed by atoms with van der Waals surface area (Å²) in [6.07, 6.45) is 0. The number of aryl methyl sites for hydroxylation is 1. The van der Waals surface area contributed by atoms with Crippen LogP contribution >= 0.6 is 23.3 Å². The predicted molar refractivity (Wildman–Crippen MR) is 57.2 cm³/mol. The maximum atomic E-state index is 10.9. The fourth-order valence-corrected chi connectivity index (χ4v) is 2.31. The Morgan fingerprint density at radius 3 is 2.79 bits per heavy atom. The van der Waals surface area contributed by atoms with Gasteiger partial charge in [-0.05, 0) is 25.4 Å². The molecule has 1 aromatic rings. The molecule has 0 bridgehead atoms. The lowest BCUT2D eigenvalue weighted by Crippen LogP contribution is -2.51.